The Morgan fingerprint density at radius 1 is 1.29 bits per heavy atom. The third kappa shape index (κ3) is 3.98. The van der Waals surface area contributed by atoms with Crippen LogP contribution in [0.25, 0.3) is 0 Å². The van der Waals surface area contributed by atoms with Crippen molar-refractivity contribution >= 4 is 15.7 Å². The summed E-state index contributed by atoms with van der Waals surface area (Å²) in [5.41, 5.74) is 0.468. The van der Waals surface area contributed by atoms with E-state index in [9.17, 15) is 12.8 Å². The highest BCUT2D eigenvalue weighted by Gasteiger charge is 2.17. The number of hydrogen-bond donors (Lipinski definition) is 1. The molecule has 1 aromatic carbocycles. The number of halogens is 1. The van der Waals surface area contributed by atoms with Crippen LogP contribution in [0.4, 0.5) is 10.1 Å². The van der Waals surface area contributed by atoms with Gasteiger partial charge in [0.25, 0.3) is 0 Å². The summed E-state index contributed by atoms with van der Waals surface area (Å²) < 4.78 is 37.7. The van der Waals surface area contributed by atoms with Crippen molar-refractivity contribution in [1.82, 2.24) is 5.32 Å². The molecular formula is C11H17FN2O2S. The number of benzene rings is 1. The van der Waals surface area contributed by atoms with E-state index < -0.39 is 10.0 Å². The second kappa shape index (κ2) is 5.97. The van der Waals surface area contributed by atoms with E-state index in [-0.39, 0.29) is 11.6 Å². The molecule has 1 aromatic rings. The minimum absolute atomic E-state index is 0.0711. The van der Waals surface area contributed by atoms with Crippen LogP contribution in [-0.2, 0) is 10.0 Å². The van der Waals surface area contributed by atoms with Gasteiger partial charge in [-0.1, -0.05) is 0 Å². The summed E-state index contributed by atoms with van der Waals surface area (Å²) in [6, 6.07) is 5.39. The Morgan fingerprint density at radius 3 is 2.41 bits per heavy atom. The van der Waals surface area contributed by atoms with Crippen molar-refractivity contribution in [1.29, 1.82) is 0 Å². The van der Waals surface area contributed by atoms with Gasteiger partial charge in [-0.3, -0.25) is 4.31 Å². The van der Waals surface area contributed by atoms with E-state index in [2.05, 4.69) is 5.32 Å². The molecular weight excluding hydrogens is 243 g/mol. The molecule has 0 heterocycles. The zero-order chi connectivity index (χ0) is 12.9. The summed E-state index contributed by atoms with van der Waals surface area (Å²) >= 11 is 0. The summed E-state index contributed by atoms with van der Waals surface area (Å²) in [6.45, 7) is 0.649. The maximum Gasteiger partial charge on any atom is 0.234 e. The van der Waals surface area contributed by atoms with Crippen molar-refractivity contribution in [2.45, 2.75) is 6.42 Å². The Hall–Kier alpha value is -1.14. The maximum absolute atomic E-state index is 12.7. The molecule has 0 unspecified atom stereocenters. The summed E-state index contributed by atoms with van der Waals surface area (Å²) in [7, 11) is -0.0793. The van der Waals surface area contributed by atoms with Gasteiger partial charge in [0.15, 0.2) is 0 Å². The Kier molecular flexibility index (Phi) is 4.89. The predicted molar refractivity (Wildman–Crippen MR) is 67.1 cm³/mol. The molecule has 0 saturated heterocycles. The molecule has 0 fully saturated rings. The molecule has 1 rings (SSSR count). The zero-order valence-electron chi connectivity index (χ0n) is 9.98. The molecule has 4 nitrogen and oxygen atoms in total. The van der Waals surface area contributed by atoms with Crippen LogP contribution in [0.2, 0.25) is 0 Å². The van der Waals surface area contributed by atoms with E-state index >= 15 is 0 Å². The molecule has 0 aromatic heterocycles. The Labute approximate surface area is 101 Å². The molecule has 0 spiro atoms. The normalized spacial score (nSPS) is 11.5. The second-order valence-electron chi connectivity index (χ2n) is 3.72. The first-order valence-corrected chi connectivity index (χ1v) is 6.95. The number of rotatable bonds is 6. The van der Waals surface area contributed by atoms with E-state index in [1.54, 1.807) is 7.05 Å². The third-order valence-corrected chi connectivity index (χ3v) is 4.29. The summed E-state index contributed by atoms with van der Waals surface area (Å²) in [5.74, 6) is -0.309. The molecule has 1 N–H and O–H groups in total. The van der Waals surface area contributed by atoms with Crippen LogP contribution in [0.1, 0.15) is 6.42 Å². The van der Waals surface area contributed by atoms with Gasteiger partial charge in [-0.05, 0) is 44.3 Å². The fourth-order valence-electron chi connectivity index (χ4n) is 1.38. The number of sulfonamides is 1. The number of nitrogens with zero attached hydrogens (tertiary/aromatic N) is 1. The highest BCUT2D eigenvalue weighted by atomic mass is 32.2. The predicted octanol–water partition coefficient (Wildman–Crippen LogP) is 1.20. The Morgan fingerprint density at radius 2 is 1.88 bits per heavy atom. The van der Waals surface area contributed by atoms with Crippen LogP contribution in [0.5, 0.6) is 0 Å². The van der Waals surface area contributed by atoms with Gasteiger partial charge in [-0.2, -0.15) is 0 Å². The smallest absolute Gasteiger partial charge is 0.234 e. The van der Waals surface area contributed by atoms with Gasteiger partial charge >= 0.3 is 0 Å². The van der Waals surface area contributed by atoms with Crippen LogP contribution >= 0.6 is 0 Å². The minimum atomic E-state index is -3.33. The molecule has 0 radical (unpaired) electrons. The average Bonchev–Trinajstić information content (AvgIpc) is 2.29. The average molecular weight is 260 g/mol. The lowest BCUT2D eigenvalue weighted by Crippen LogP contribution is -2.30. The lowest BCUT2D eigenvalue weighted by molar-refractivity contribution is 0.589. The van der Waals surface area contributed by atoms with Gasteiger partial charge in [0.05, 0.1) is 11.4 Å². The molecule has 0 atom stereocenters. The van der Waals surface area contributed by atoms with E-state index in [4.69, 9.17) is 0 Å². The zero-order valence-corrected chi connectivity index (χ0v) is 10.8. The quantitative estimate of drug-likeness (QED) is 0.782. The molecule has 0 bridgehead atoms. The molecule has 96 valence electrons. The van der Waals surface area contributed by atoms with Gasteiger partial charge in [-0.15, -0.1) is 0 Å². The van der Waals surface area contributed by atoms with Crippen molar-refractivity contribution < 1.29 is 12.8 Å². The van der Waals surface area contributed by atoms with Gasteiger partial charge in [0.2, 0.25) is 10.0 Å². The number of anilines is 1. The molecule has 0 amide bonds. The van der Waals surface area contributed by atoms with Crippen molar-refractivity contribution in [2.75, 3.05) is 30.7 Å². The largest absolute Gasteiger partial charge is 0.320 e. The standard InChI is InChI=1S/C11H17FN2O2S/c1-13-8-3-9-17(15,16)14(2)11-6-4-10(12)5-7-11/h4-7,13H,3,8-9H2,1-2H3. The van der Waals surface area contributed by atoms with Crippen molar-refractivity contribution in [3.63, 3.8) is 0 Å². The fourth-order valence-corrected chi connectivity index (χ4v) is 2.61. The molecule has 0 aliphatic rings. The van der Waals surface area contributed by atoms with Crippen LogP contribution in [0.15, 0.2) is 24.3 Å². The highest BCUT2D eigenvalue weighted by Crippen LogP contribution is 2.17. The topological polar surface area (TPSA) is 49.4 Å². The molecule has 0 saturated carbocycles. The Bertz CT molecular complexity index is 445. The summed E-state index contributed by atoms with van der Waals surface area (Å²) in [5, 5.41) is 2.89. The van der Waals surface area contributed by atoms with E-state index in [1.165, 1.54) is 35.6 Å². The lowest BCUT2D eigenvalue weighted by atomic mass is 10.3. The van der Waals surface area contributed by atoms with Gasteiger partial charge in [-0.25, -0.2) is 12.8 Å². The highest BCUT2D eigenvalue weighted by molar-refractivity contribution is 7.92. The monoisotopic (exact) mass is 260 g/mol. The van der Waals surface area contributed by atoms with Crippen molar-refractivity contribution in [3.05, 3.63) is 30.1 Å². The van der Waals surface area contributed by atoms with Crippen molar-refractivity contribution in [3.8, 4) is 0 Å². The molecule has 17 heavy (non-hydrogen) atoms. The van der Waals surface area contributed by atoms with Gasteiger partial charge in [0, 0.05) is 7.05 Å². The van der Waals surface area contributed by atoms with Gasteiger partial charge < -0.3 is 5.32 Å². The summed E-state index contributed by atoms with van der Waals surface area (Å²) in [6.07, 6.45) is 0.546. The first-order valence-electron chi connectivity index (χ1n) is 5.34. The van der Waals surface area contributed by atoms with E-state index in [0.29, 0.717) is 18.7 Å². The molecule has 6 heteroatoms. The van der Waals surface area contributed by atoms with E-state index in [1.807, 2.05) is 0 Å². The van der Waals surface area contributed by atoms with Crippen LogP contribution in [0, 0.1) is 5.82 Å². The van der Waals surface area contributed by atoms with Crippen LogP contribution in [0.3, 0.4) is 0 Å². The van der Waals surface area contributed by atoms with E-state index in [0.717, 1.165) is 0 Å². The van der Waals surface area contributed by atoms with Crippen LogP contribution < -0.4 is 9.62 Å². The number of nitrogens with one attached hydrogen (secondary N) is 1. The van der Waals surface area contributed by atoms with Crippen molar-refractivity contribution in [2.24, 2.45) is 0 Å². The SMILES string of the molecule is CNCCCS(=O)(=O)N(C)c1ccc(F)cc1. The lowest BCUT2D eigenvalue weighted by Gasteiger charge is -2.19. The second-order valence-corrected chi connectivity index (χ2v) is 5.84. The maximum atomic E-state index is 12.7. The Balaban J connectivity index is 2.74. The fraction of sp³-hybridized carbons (Fsp3) is 0.455. The first-order chi connectivity index (χ1) is 7.97. The molecule has 0 aliphatic heterocycles. The third-order valence-electron chi connectivity index (χ3n) is 2.44. The first kappa shape index (κ1) is 13.9. The van der Waals surface area contributed by atoms with Crippen LogP contribution in [-0.4, -0.2) is 34.8 Å². The minimum Gasteiger partial charge on any atom is -0.320 e. The summed E-state index contributed by atoms with van der Waals surface area (Å²) in [4.78, 5) is 0. The molecule has 0 aliphatic carbocycles. The van der Waals surface area contributed by atoms with Gasteiger partial charge in [0.1, 0.15) is 5.82 Å². The number of hydrogen-bond acceptors (Lipinski definition) is 3.